The smallest absolute Gasteiger partial charge is 0.303 e. The van der Waals surface area contributed by atoms with Gasteiger partial charge in [-0.05, 0) is 49.9 Å². The summed E-state index contributed by atoms with van der Waals surface area (Å²) >= 11 is 0. The molecule has 2 aliphatic carbocycles. The molecule has 0 aromatic carbocycles. The number of nitrogens with zero attached hydrogens (tertiary/aromatic N) is 1. The number of rotatable bonds is 4. The topological polar surface area (TPSA) is 57.6 Å². The molecule has 2 saturated carbocycles. The Bertz CT molecular complexity index is 426. The minimum atomic E-state index is -0.746. The molecular weight excluding hydrogens is 278 g/mol. The van der Waals surface area contributed by atoms with Crippen LogP contribution in [0, 0.1) is 11.3 Å². The minimum Gasteiger partial charge on any atom is -0.481 e. The van der Waals surface area contributed by atoms with Crippen LogP contribution in [0.25, 0.3) is 0 Å². The molecule has 0 spiro atoms. The highest BCUT2D eigenvalue weighted by Gasteiger charge is 2.42. The summed E-state index contributed by atoms with van der Waals surface area (Å²) in [5.74, 6) is 0.189. The van der Waals surface area contributed by atoms with E-state index >= 15 is 0 Å². The zero-order chi connectivity index (χ0) is 15.6. The average Bonchev–Trinajstić information content (AvgIpc) is 2.93. The van der Waals surface area contributed by atoms with Gasteiger partial charge in [-0.1, -0.05) is 25.7 Å². The van der Waals surface area contributed by atoms with E-state index in [4.69, 9.17) is 0 Å². The largest absolute Gasteiger partial charge is 0.481 e. The van der Waals surface area contributed by atoms with Gasteiger partial charge in [-0.15, -0.1) is 0 Å². The van der Waals surface area contributed by atoms with Gasteiger partial charge >= 0.3 is 5.97 Å². The lowest BCUT2D eigenvalue weighted by Crippen LogP contribution is -2.50. The van der Waals surface area contributed by atoms with Gasteiger partial charge < -0.3 is 10.0 Å². The predicted octanol–water partition coefficient (Wildman–Crippen LogP) is 3.59. The van der Waals surface area contributed by atoms with Crippen LogP contribution in [0.4, 0.5) is 0 Å². The first kappa shape index (κ1) is 15.8. The van der Waals surface area contributed by atoms with Crippen molar-refractivity contribution in [2.45, 2.75) is 83.1 Å². The standard InChI is InChI=1S/C18H29NO3/c20-16(12-18(13-17(21)22)9-3-4-10-18)19-11-5-7-14-6-1-2-8-15(14)19/h14-15H,1-13H2,(H,21,22). The lowest BCUT2D eigenvalue weighted by molar-refractivity contribution is -0.143. The highest BCUT2D eigenvalue weighted by Crippen LogP contribution is 2.45. The van der Waals surface area contributed by atoms with E-state index in [2.05, 4.69) is 4.90 Å². The maximum absolute atomic E-state index is 12.9. The van der Waals surface area contributed by atoms with E-state index in [1.165, 1.54) is 25.7 Å². The minimum absolute atomic E-state index is 0.167. The van der Waals surface area contributed by atoms with Gasteiger partial charge in [-0.25, -0.2) is 0 Å². The molecule has 1 N–H and O–H groups in total. The van der Waals surface area contributed by atoms with E-state index in [-0.39, 0.29) is 17.7 Å². The molecular formula is C18H29NO3. The quantitative estimate of drug-likeness (QED) is 0.863. The maximum atomic E-state index is 12.9. The predicted molar refractivity (Wildman–Crippen MR) is 84.5 cm³/mol. The molecule has 2 unspecified atom stereocenters. The van der Waals surface area contributed by atoms with Gasteiger partial charge in [0.2, 0.25) is 5.91 Å². The number of piperidine rings is 1. The normalized spacial score (nSPS) is 30.8. The summed E-state index contributed by atoms with van der Waals surface area (Å²) in [5, 5.41) is 9.22. The molecule has 3 aliphatic rings. The van der Waals surface area contributed by atoms with E-state index in [0.717, 1.165) is 45.1 Å². The Morgan fingerprint density at radius 2 is 1.64 bits per heavy atom. The van der Waals surface area contributed by atoms with Crippen molar-refractivity contribution in [2.75, 3.05) is 6.54 Å². The second kappa shape index (κ2) is 6.59. The van der Waals surface area contributed by atoms with Crippen molar-refractivity contribution in [3.8, 4) is 0 Å². The monoisotopic (exact) mass is 307 g/mol. The maximum Gasteiger partial charge on any atom is 0.303 e. The van der Waals surface area contributed by atoms with Crippen LogP contribution in [0.15, 0.2) is 0 Å². The van der Waals surface area contributed by atoms with Crippen molar-refractivity contribution >= 4 is 11.9 Å². The van der Waals surface area contributed by atoms with Gasteiger partial charge in [0, 0.05) is 19.0 Å². The van der Waals surface area contributed by atoms with Crippen molar-refractivity contribution in [3.63, 3.8) is 0 Å². The van der Waals surface area contributed by atoms with Crippen LogP contribution in [0.1, 0.15) is 77.0 Å². The van der Waals surface area contributed by atoms with E-state index in [0.29, 0.717) is 18.4 Å². The van der Waals surface area contributed by atoms with Crippen molar-refractivity contribution in [1.29, 1.82) is 0 Å². The molecule has 1 heterocycles. The molecule has 0 aromatic heterocycles. The van der Waals surface area contributed by atoms with Crippen LogP contribution < -0.4 is 0 Å². The van der Waals surface area contributed by atoms with Gasteiger partial charge in [-0.3, -0.25) is 9.59 Å². The zero-order valence-electron chi connectivity index (χ0n) is 13.6. The van der Waals surface area contributed by atoms with Crippen LogP contribution in [0.3, 0.4) is 0 Å². The Kier molecular flexibility index (Phi) is 4.74. The molecule has 1 aliphatic heterocycles. The third kappa shape index (κ3) is 3.31. The molecule has 0 radical (unpaired) electrons. The summed E-state index contributed by atoms with van der Waals surface area (Å²) in [6, 6.07) is 0.443. The van der Waals surface area contributed by atoms with E-state index in [9.17, 15) is 14.7 Å². The van der Waals surface area contributed by atoms with Crippen LogP contribution >= 0.6 is 0 Å². The molecule has 3 fully saturated rings. The first-order chi connectivity index (χ1) is 10.6. The Hall–Kier alpha value is -1.06. The third-order valence-corrected chi connectivity index (χ3v) is 6.28. The molecule has 22 heavy (non-hydrogen) atoms. The molecule has 0 aromatic rings. The second-order valence-electron chi connectivity index (χ2n) is 7.80. The van der Waals surface area contributed by atoms with Gasteiger partial charge in [0.1, 0.15) is 0 Å². The average molecular weight is 307 g/mol. The number of likely N-dealkylation sites (tertiary alicyclic amines) is 1. The van der Waals surface area contributed by atoms with Crippen LogP contribution in [-0.4, -0.2) is 34.5 Å². The summed E-state index contributed by atoms with van der Waals surface area (Å²) in [4.78, 5) is 26.3. The lowest BCUT2D eigenvalue weighted by Gasteiger charge is -2.45. The number of carbonyl (C=O) groups excluding carboxylic acids is 1. The first-order valence-corrected chi connectivity index (χ1v) is 9.11. The number of carbonyl (C=O) groups is 2. The Morgan fingerprint density at radius 3 is 2.36 bits per heavy atom. The fourth-order valence-electron chi connectivity index (χ4n) is 5.22. The highest BCUT2D eigenvalue weighted by atomic mass is 16.4. The lowest BCUT2D eigenvalue weighted by atomic mass is 9.76. The van der Waals surface area contributed by atoms with Crippen molar-refractivity contribution < 1.29 is 14.7 Å². The van der Waals surface area contributed by atoms with E-state index in [1.54, 1.807) is 0 Å². The number of carboxylic acids is 1. The van der Waals surface area contributed by atoms with E-state index in [1.807, 2.05) is 0 Å². The number of hydrogen-bond acceptors (Lipinski definition) is 2. The zero-order valence-corrected chi connectivity index (χ0v) is 13.6. The Balaban J connectivity index is 1.68. The molecule has 3 rings (SSSR count). The molecule has 2 atom stereocenters. The van der Waals surface area contributed by atoms with Gasteiger partial charge in [0.25, 0.3) is 0 Å². The van der Waals surface area contributed by atoms with Crippen molar-refractivity contribution in [3.05, 3.63) is 0 Å². The van der Waals surface area contributed by atoms with Crippen LogP contribution in [0.2, 0.25) is 0 Å². The Morgan fingerprint density at radius 1 is 0.955 bits per heavy atom. The molecule has 0 bridgehead atoms. The van der Waals surface area contributed by atoms with Gasteiger partial charge in [0.05, 0.1) is 6.42 Å². The van der Waals surface area contributed by atoms with Gasteiger partial charge in [0.15, 0.2) is 0 Å². The first-order valence-electron chi connectivity index (χ1n) is 9.11. The molecule has 4 heteroatoms. The fourth-order valence-corrected chi connectivity index (χ4v) is 5.22. The summed E-state index contributed by atoms with van der Waals surface area (Å²) in [6.07, 6.45) is 12.0. The van der Waals surface area contributed by atoms with Gasteiger partial charge in [-0.2, -0.15) is 0 Å². The number of fused-ring (bicyclic) bond motifs is 1. The fraction of sp³-hybridized carbons (Fsp3) is 0.889. The third-order valence-electron chi connectivity index (χ3n) is 6.28. The summed E-state index contributed by atoms with van der Waals surface area (Å²) in [7, 11) is 0. The molecule has 1 amide bonds. The van der Waals surface area contributed by atoms with Crippen molar-refractivity contribution in [1.82, 2.24) is 4.90 Å². The van der Waals surface area contributed by atoms with Crippen LogP contribution in [-0.2, 0) is 9.59 Å². The Labute approximate surface area is 133 Å². The number of aliphatic carboxylic acids is 1. The summed E-state index contributed by atoms with van der Waals surface area (Å²) in [5.41, 5.74) is -0.259. The van der Waals surface area contributed by atoms with Crippen LogP contribution in [0.5, 0.6) is 0 Å². The molecule has 4 nitrogen and oxygen atoms in total. The summed E-state index contributed by atoms with van der Waals surface area (Å²) < 4.78 is 0. The highest BCUT2D eigenvalue weighted by molar-refractivity contribution is 5.79. The second-order valence-corrected chi connectivity index (χ2v) is 7.80. The van der Waals surface area contributed by atoms with Crippen molar-refractivity contribution in [2.24, 2.45) is 11.3 Å². The summed E-state index contributed by atoms with van der Waals surface area (Å²) in [6.45, 7) is 0.892. The SMILES string of the molecule is O=C(O)CC1(CC(=O)N2CCCC3CCCCC32)CCCC1. The number of amides is 1. The number of carboxylic acid groups (broad SMARTS) is 1. The van der Waals surface area contributed by atoms with E-state index < -0.39 is 5.97 Å². The molecule has 1 saturated heterocycles. The molecule has 124 valence electrons. The number of hydrogen-bond donors (Lipinski definition) is 1.